The first-order valence-electron chi connectivity index (χ1n) is 5.14. The Morgan fingerprint density at radius 1 is 0.923 bits per heavy atom. The van der Waals surface area contributed by atoms with E-state index in [4.69, 9.17) is 5.11 Å². The van der Waals surface area contributed by atoms with Crippen LogP contribution in [0.25, 0.3) is 0 Å². The maximum absolute atomic E-state index is 8.53. The van der Waals surface area contributed by atoms with E-state index in [1.807, 2.05) is 0 Å². The summed E-state index contributed by atoms with van der Waals surface area (Å²) in [7, 11) is 0. The predicted octanol–water partition coefficient (Wildman–Crippen LogP) is 3.29. The Balaban J connectivity index is 0. The average Bonchev–Trinajstić information content (AvgIpc) is 2.10. The molecule has 0 atom stereocenters. The summed E-state index contributed by atoms with van der Waals surface area (Å²) in [5.74, 6) is 0. The van der Waals surface area contributed by atoms with Gasteiger partial charge in [-0.1, -0.05) is 37.8 Å². The van der Waals surface area contributed by atoms with Crippen molar-refractivity contribution in [2.75, 3.05) is 6.61 Å². The molecule has 0 saturated heterocycles. The van der Waals surface area contributed by atoms with Crippen LogP contribution in [-0.2, 0) is 0 Å². The van der Waals surface area contributed by atoms with Gasteiger partial charge in [0.1, 0.15) is 0 Å². The monoisotopic (exact) mass is 397 g/mol. The van der Waals surface area contributed by atoms with Gasteiger partial charge in [-0.05, 0) is 26.2 Å². The minimum Gasteiger partial charge on any atom is -0.396 e. The Kier molecular flexibility index (Phi) is 19.9. The molecule has 0 saturated carbocycles. The Bertz CT molecular complexity index is 102. The molecule has 75 valence electrons. The van der Waals surface area contributed by atoms with Gasteiger partial charge in [0, 0.05) is 50.7 Å². The summed E-state index contributed by atoms with van der Waals surface area (Å²) in [5, 5.41) is 8.53. The molecule has 0 rings (SSSR count). The molecule has 0 aliphatic heterocycles. The van der Waals surface area contributed by atoms with Crippen LogP contribution >= 0.6 is 0 Å². The predicted molar refractivity (Wildman–Crippen MR) is 54.2 cm³/mol. The summed E-state index contributed by atoms with van der Waals surface area (Å²) in [6.07, 6.45) is 13.0. The van der Waals surface area contributed by atoms with Crippen LogP contribution in [-0.4, -0.2) is 11.7 Å². The quantitative estimate of drug-likeness (QED) is 0.493. The standard InChI is InChI=1S/C11H22O.Ac/c1-2-3-4-5-6-7-8-9-10-11-12;/h2-3,12H,4-11H2,1H3;/b3-2-;. The summed E-state index contributed by atoms with van der Waals surface area (Å²) in [4.78, 5) is 0. The Morgan fingerprint density at radius 2 is 1.46 bits per heavy atom. The second-order valence-corrected chi connectivity index (χ2v) is 3.20. The van der Waals surface area contributed by atoms with Crippen LogP contribution in [0.2, 0.25) is 0 Å². The van der Waals surface area contributed by atoms with Gasteiger partial charge in [0.05, 0.1) is 0 Å². The van der Waals surface area contributed by atoms with Crippen LogP contribution in [0.15, 0.2) is 12.2 Å². The van der Waals surface area contributed by atoms with E-state index in [1.54, 1.807) is 0 Å². The molecule has 0 amide bonds. The third kappa shape index (κ3) is 15.9. The molecule has 0 aliphatic carbocycles. The number of aliphatic hydroxyl groups is 1. The maximum atomic E-state index is 8.53. The van der Waals surface area contributed by atoms with Crippen molar-refractivity contribution in [2.24, 2.45) is 0 Å². The topological polar surface area (TPSA) is 20.2 Å². The van der Waals surface area contributed by atoms with Crippen molar-refractivity contribution in [3.05, 3.63) is 12.2 Å². The Labute approximate surface area is 119 Å². The number of hydrogen-bond donors (Lipinski definition) is 1. The van der Waals surface area contributed by atoms with Crippen LogP contribution in [0, 0.1) is 44.1 Å². The van der Waals surface area contributed by atoms with Crippen molar-refractivity contribution in [3.8, 4) is 0 Å². The number of rotatable bonds is 8. The van der Waals surface area contributed by atoms with Gasteiger partial charge < -0.3 is 5.11 Å². The molecule has 1 nitrogen and oxygen atoms in total. The first-order valence-corrected chi connectivity index (χ1v) is 5.14. The van der Waals surface area contributed by atoms with Gasteiger partial charge >= 0.3 is 0 Å². The zero-order chi connectivity index (χ0) is 9.07. The molecule has 0 aromatic carbocycles. The molecule has 2 heteroatoms. The minimum absolute atomic E-state index is 0. The minimum atomic E-state index is 0. The second-order valence-electron chi connectivity index (χ2n) is 3.20. The molecule has 0 spiro atoms. The van der Waals surface area contributed by atoms with Crippen LogP contribution in [0.1, 0.15) is 51.9 Å². The van der Waals surface area contributed by atoms with Gasteiger partial charge in [-0.25, -0.2) is 0 Å². The largest absolute Gasteiger partial charge is 0.396 e. The van der Waals surface area contributed by atoms with Gasteiger partial charge in [-0.3, -0.25) is 0 Å². The molecule has 13 heavy (non-hydrogen) atoms. The van der Waals surface area contributed by atoms with Gasteiger partial charge in [0.25, 0.3) is 0 Å². The van der Waals surface area contributed by atoms with E-state index in [-0.39, 0.29) is 44.1 Å². The van der Waals surface area contributed by atoms with E-state index in [9.17, 15) is 0 Å². The Morgan fingerprint density at radius 3 is 2.00 bits per heavy atom. The van der Waals surface area contributed by atoms with Crippen molar-refractivity contribution in [2.45, 2.75) is 51.9 Å². The Hall–Kier alpha value is 1.14. The molecule has 0 unspecified atom stereocenters. The number of allylic oxidation sites excluding steroid dienone is 2. The summed E-state index contributed by atoms with van der Waals surface area (Å²) < 4.78 is 0. The fraction of sp³-hybridized carbons (Fsp3) is 0.818. The molecular weight excluding hydrogens is 375 g/mol. The summed E-state index contributed by atoms with van der Waals surface area (Å²) in [5.41, 5.74) is 0. The van der Waals surface area contributed by atoms with E-state index >= 15 is 0 Å². The number of hydrogen-bond acceptors (Lipinski definition) is 1. The molecule has 0 aliphatic rings. The molecule has 0 aromatic heterocycles. The van der Waals surface area contributed by atoms with Crippen molar-refractivity contribution in [1.82, 2.24) is 0 Å². The fourth-order valence-electron chi connectivity index (χ4n) is 1.25. The maximum Gasteiger partial charge on any atom is 0.0431 e. The summed E-state index contributed by atoms with van der Waals surface area (Å²) >= 11 is 0. The smallest absolute Gasteiger partial charge is 0.0431 e. The van der Waals surface area contributed by atoms with Gasteiger partial charge in [-0.15, -0.1) is 0 Å². The SMILES string of the molecule is C/C=C\CCCCCCCCO.[Ac]. The fourth-order valence-corrected chi connectivity index (χ4v) is 1.25. The van der Waals surface area contributed by atoms with Crippen molar-refractivity contribution in [1.29, 1.82) is 0 Å². The zero-order valence-corrected chi connectivity index (χ0v) is 13.6. The average molecular weight is 397 g/mol. The zero-order valence-electron chi connectivity index (χ0n) is 8.84. The van der Waals surface area contributed by atoms with E-state index in [0.29, 0.717) is 6.61 Å². The summed E-state index contributed by atoms with van der Waals surface area (Å²) in [6, 6.07) is 0. The second kappa shape index (κ2) is 15.6. The van der Waals surface area contributed by atoms with Crippen molar-refractivity contribution in [3.63, 3.8) is 0 Å². The number of aliphatic hydroxyl groups excluding tert-OH is 1. The van der Waals surface area contributed by atoms with Gasteiger partial charge in [-0.2, -0.15) is 0 Å². The molecule has 0 heterocycles. The third-order valence-corrected chi connectivity index (χ3v) is 2.01. The van der Waals surface area contributed by atoms with Crippen LogP contribution in [0.5, 0.6) is 0 Å². The van der Waals surface area contributed by atoms with E-state index in [2.05, 4.69) is 19.1 Å². The van der Waals surface area contributed by atoms with E-state index in [0.717, 1.165) is 6.42 Å². The third-order valence-electron chi connectivity index (χ3n) is 2.01. The van der Waals surface area contributed by atoms with Crippen LogP contribution in [0.4, 0.5) is 0 Å². The van der Waals surface area contributed by atoms with E-state index < -0.39 is 0 Å². The normalized spacial score (nSPS) is 10.3. The first-order chi connectivity index (χ1) is 5.91. The van der Waals surface area contributed by atoms with Gasteiger partial charge in [0.15, 0.2) is 0 Å². The molecule has 0 fully saturated rings. The molecular formula is C11H22AcO. The van der Waals surface area contributed by atoms with Crippen LogP contribution < -0.4 is 0 Å². The van der Waals surface area contributed by atoms with E-state index in [1.165, 1.54) is 38.5 Å². The summed E-state index contributed by atoms with van der Waals surface area (Å²) in [6.45, 7) is 2.43. The van der Waals surface area contributed by atoms with Crippen LogP contribution in [0.3, 0.4) is 0 Å². The molecule has 0 aromatic rings. The van der Waals surface area contributed by atoms with Gasteiger partial charge in [0.2, 0.25) is 0 Å². The molecule has 1 N–H and O–H groups in total. The molecule has 0 bridgehead atoms. The number of unbranched alkanes of at least 4 members (excludes halogenated alkanes) is 6. The molecule has 1 radical (unpaired) electrons. The van der Waals surface area contributed by atoms with Crippen molar-refractivity contribution >= 4 is 0 Å². The van der Waals surface area contributed by atoms with Crippen molar-refractivity contribution < 1.29 is 49.2 Å². The first kappa shape index (κ1) is 16.6.